The number of nitrogens with two attached hydrogens (primary N) is 1. The molecular weight excluding hydrogens is 380 g/mol. The third-order valence-corrected chi connectivity index (χ3v) is 5.54. The van der Waals surface area contributed by atoms with Gasteiger partial charge in [-0.1, -0.05) is 6.07 Å². The van der Waals surface area contributed by atoms with Crippen LogP contribution in [0.25, 0.3) is 0 Å². The molecule has 3 N–H and O–H groups in total. The number of anilines is 1. The predicted octanol–water partition coefficient (Wildman–Crippen LogP) is 1.26. The fourth-order valence-electron chi connectivity index (χ4n) is 3.44. The molecule has 0 saturated carbocycles. The molecule has 1 fully saturated rings. The highest BCUT2D eigenvalue weighted by Gasteiger charge is 2.30. The molecule has 9 nitrogen and oxygen atoms in total. The van der Waals surface area contributed by atoms with Crippen LogP contribution in [0.4, 0.5) is 5.69 Å². The Labute approximate surface area is 165 Å². The second-order valence-corrected chi connectivity index (χ2v) is 7.45. The van der Waals surface area contributed by atoms with Crippen LogP contribution in [-0.2, 0) is 11.5 Å². The maximum atomic E-state index is 12.8. The van der Waals surface area contributed by atoms with E-state index in [1.54, 1.807) is 30.5 Å². The Bertz CT molecular complexity index is 894. The average Bonchev–Trinajstić information content (AvgIpc) is 2.72. The van der Waals surface area contributed by atoms with Crippen molar-refractivity contribution in [3.63, 3.8) is 0 Å². The lowest BCUT2D eigenvalue weighted by atomic mass is 10.0. The lowest BCUT2D eigenvalue weighted by Crippen LogP contribution is -2.47. The van der Waals surface area contributed by atoms with E-state index in [4.69, 9.17) is 10.5 Å². The minimum absolute atomic E-state index is 0.0732. The zero-order valence-electron chi connectivity index (χ0n) is 15.1. The van der Waals surface area contributed by atoms with E-state index in [0.29, 0.717) is 35.8 Å². The third-order valence-electron chi connectivity index (χ3n) is 4.78. The maximum Gasteiger partial charge on any atom is 0.272 e. The Morgan fingerprint density at radius 2 is 2.29 bits per heavy atom. The Morgan fingerprint density at radius 1 is 1.39 bits per heavy atom. The zero-order chi connectivity index (χ0) is 19.5. The summed E-state index contributed by atoms with van der Waals surface area (Å²) in [5.41, 5.74) is 7.53. The topological polar surface area (TPSA) is 129 Å². The van der Waals surface area contributed by atoms with Gasteiger partial charge in [-0.3, -0.25) is 4.79 Å². The Morgan fingerprint density at radius 3 is 3.11 bits per heavy atom. The van der Waals surface area contributed by atoms with Crippen molar-refractivity contribution in [2.75, 3.05) is 17.9 Å². The Hall–Kier alpha value is -2.85. The number of benzene rings is 1. The Balaban J connectivity index is 1.51. The smallest absolute Gasteiger partial charge is 0.272 e. The standard InChI is InChI=1S/C18H20N6O3S/c19-17-16-13(22-28(26)23-17)5-3-6-15(16)27-10-12-4-1-2-9-24(12)18(25)14-7-8-20-11-21-14/h3,5-8,11-12,22H,1-2,4,9-10H2,(H2,19,23). The van der Waals surface area contributed by atoms with Gasteiger partial charge in [-0.2, -0.15) is 4.72 Å². The minimum atomic E-state index is -1.59. The van der Waals surface area contributed by atoms with E-state index in [1.165, 1.54) is 6.33 Å². The number of amidine groups is 1. The van der Waals surface area contributed by atoms with Gasteiger partial charge in [-0.05, 0) is 41.9 Å². The molecule has 1 aromatic heterocycles. The third kappa shape index (κ3) is 3.73. The molecular formula is C18H20N6O3S. The lowest BCUT2D eigenvalue weighted by Gasteiger charge is -2.35. The van der Waals surface area contributed by atoms with E-state index in [9.17, 15) is 9.35 Å². The molecule has 2 aliphatic rings. The fourth-order valence-corrected chi connectivity index (χ4v) is 4.12. The molecule has 2 aliphatic heterocycles. The van der Waals surface area contributed by atoms with Gasteiger partial charge in [-0.15, -0.1) is 0 Å². The predicted molar refractivity (Wildman–Crippen MR) is 105 cm³/mol. The van der Waals surface area contributed by atoms with Crippen molar-refractivity contribution >= 4 is 29.0 Å². The summed E-state index contributed by atoms with van der Waals surface area (Å²) >= 11 is -1.59. The molecule has 146 valence electrons. The van der Waals surface area contributed by atoms with Crippen molar-refractivity contribution < 1.29 is 14.1 Å². The first-order valence-corrected chi connectivity index (χ1v) is 10.1. The highest BCUT2D eigenvalue weighted by atomic mass is 32.2. The van der Waals surface area contributed by atoms with Crippen LogP contribution in [0.15, 0.2) is 41.2 Å². The number of fused-ring (bicyclic) bond motifs is 1. The molecule has 2 unspecified atom stereocenters. The first-order valence-electron chi connectivity index (χ1n) is 8.99. The quantitative estimate of drug-likeness (QED) is 0.739. The number of amides is 1. The number of hydrogen-bond acceptors (Lipinski definition) is 8. The number of likely N-dealkylation sites (tertiary alicyclic amines) is 1. The number of hydrogen-bond donors (Lipinski definition) is 2. The first kappa shape index (κ1) is 18.5. The van der Waals surface area contributed by atoms with Gasteiger partial charge >= 0.3 is 0 Å². The van der Waals surface area contributed by atoms with Crippen molar-refractivity contribution in [1.82, 2.24) is 14.9 Å². The number of nitrogens with one attached hydrogen (secondary N) is 1. The molecule has 1 amide bonds. The number of aromatic nitrogens is 2. The summed E-state index contributed by atoms with van der Waals surface area (Å²) in [7, 11) is 0. The van der Waals surface area contributed by atoms with Crippen LogP contribution in [0.3, 0.4) is 0 Å². The molecule has 0 bridgehead atoms. The summed E-state index contributed by atoms with van der Waals surface area (Å²) in [5, 5.41) is 0. The summed E-state index contributed by atoms with van der Waals surface area (Å²) in [6.45, 7) is 0.984. The van der Waals surface area contributed by atoms with Crippen LogP contribution in [-0.4, -0.2) is 50.4 Å². The first-order chi connectivity index (χ1) is 13.6. The van der Waals surface area contributed by atoms with Crippen molar-refractivity contribution in [3.8, 4) is 5.75 Å². The monoisotopic (exact) mass is 400 g/mol. The van der Waals surface area contributed by atoms with Gasteiger partial charge in [0, 0.05) is 12.7 Å². The van der Waals surface area contributed by atoms with Crippen molar-refractivity contribution in [2.45, 2.75) is 25.3 Å². The summed E-state index contributed by atoms with van der Waals surface area (Å²) in [6, 6.07) is 6.90. The van der Waals surface area contributed by atoms with E-state index < -0.39 is 11.5 Å². The number of ether oxygens (including phenoxy) is 1. The molecule has 10 heteroatoms. The number of rotatable bonds is 4. The molecule has 1 saturated heterocycles. The van der Waals surface area contributed by atoms with Crippen LogP contribution in [0.5, 0.6) is 5.75 Å². The summed E-state index contributed by atoms with van der Waals surface area (Å²) < 4.78 is 24.3. The van der Waals surface area contributed by atoms with Gasteiger partial charge in [-0.25, -0.2) is 9.97 Å². The second-order valence-electron chi connectivity index (χ2n) is 6.56. The lowest BCUT2D eigenvalue weighted by molar-refractivity contribution is 0.0522. The fraction of sp³-hybridized carbons (Fsp3) is 0.333. The van der Waals surface area contributed by atoms with E-state index in [2.05, 4.69) is 19.1 Å². The van der Waals surface area contributed by atoms with Crippen LogP contribution in [0, 0.1) is 0 Å². The second kappa shape index (κ2) is 8.03. The van der Waals surface area contributed by atoms with E-state index in [0.717, 1.165) is 19.3 Å². The summed E-state index contributed by atoms with van der Waals surface area (Å²) in [5.74, 6) is 0.590. The molecule has 0 radical (unpaired) electrons. The van der Waals surface area contributed by atoms with Crippen LogP contribution >= 0.6 is 0 Å². The van der Waals surface area contributed by atoms with Crippen LogP contribution < -0.4 is 15.2 Å². The van der Waals surface area contributed by atoms with E-state index in [-0.39, 0.29) is 17.8 Å². The van der Waals surface area contributed by atoms with E-state index >= 15 is 0 Å². The van der Waals surface area contributed by atoms with Crippen molar-refractivity contribution in [2.24, 2.45) is 10.1 Å². The molecule has 2 atom stereocenters. The van der Waals surface area contributed by atoms with E-state index in [1.807, 2.05) is 4.90 Å². The number of carbonyl (C=O) groups is 1. The van der Waals surface area contributed by atoms with Gasteiger partial charge in [0.05, 0.1) is 17.3 Å². The van der Waals surface area contributed by atoms with Gasteiger partial charge in [0.25, 0.3) is 5.91 Å². The normalized spacial score (nSPS) is 21.3. The van der Waals surface area contributed by atoms with Gasteiger partial charge < -0.3 is 19.9 Å². The van der Waals surface area contributed by atoms with Gasteiger partial charge in [0.15, 0.2) is 5.84 Å². The largest absolute Gasteiger partial charge is 0.566 e. The summed E-state index contributed by atoms with van der Waals surface area (Å²) in [6.07, 6.45) is 5.75. The van der Waals surface area contributed by atoms with Crippen molar-refractivity contribution in [3.05, 3.63) is 48.0 Å². The molecule has 0 spiro atoms. The average molecular weight is 400 g/mol. The molecule has 28 heavy (non-hydrogen) atoms. The Kier molecular flexibility index (Phi) is 5.31. The maximum absolute atomic E-state index is 12.8. The number of carbonyl (C=O) groups excluding carboxylic acids is 1. The van der Waals surface area contributed by atoms with Gasteiger partial charge in [0.1, 0.15) is 24.4 Å². The highest BCUT2D eigenvalue weighted by molar-refractivity contribution is 7.91. The number of piperidine rings is 1. The molecule has 4 rings (SSSR count). The molecule has 2 aromatic rings. The highest BCUT2D eigenvalue weighted by Crippen LogP contribution is 2.31. The zero-order valence-corrected chi connectivity index (χ0v) is 15.9. The van der Waals surface area contributed by atoms with Crippen LogP contribution in [0.2, 0.25) is 0 Å². The van der Waals surface area contributed by atoms with Crippen LogP contribution in [0.1, 0.15) is 35.3 Å². The molecule has 1 aromatic carbocycles. The SMILES string of the molecule is NC1=N[S+]([O-])Nc2cccc(OCC3CCCCN3C(=O)c3ccncn3)c21. The van der Waals surface area contributed by atoms with Gasteiger partial charge in [0.2, 0.25) is 11.5 Å². The molecule has 0 aliphatic carbocycles. The number of nitrogens with zero attached hydrogens (tertiary/aromatic N) is 4. The minimum Gasteiger partial charge on any atom is -0.566 e. The summed E-state index contributed by atoms with van der Waals surface area (Å²) in [4.78, 5) is 22.6. The molecule has 3 heterocycles. The van der Waals surface area contributed by atoms with Crippen molar-refractivity contribution in [1.29, 1.82) is 0 Å².